The first-order valence-electron chi connectivity index (χ1n) is 9.51. The van der Waals surface area contributed by atoms with Crippen LogP contribution < -0.4 is 0 Å². The van der Waals surface area contributed by atoms with Crippen LogP contribution in [0.2, 0.25) is 5.02 Å². The van der Waals surface area contributed by atoms with Crippen LogP contribution in [0.1, 0.15) is 27.8 Å². The molecule has 0 aliphatic carbocycles. The summed E-state index contributed by atoms with van der Waals surface area (Å²) in [6.45, 7) is -0.606. The summed E-state index contributed by atoms with van der Waals surface area (Å²) in [7, 11) is 0. The second-order valence-corrected chi connectivity index (χ2v) is 8.10. The van der Waals surface area contributed by atoms with E-state index in [1.807, 2.05) is 0 Å². The summed E-state index contributed by atoms with van der Waals surface area (Å²) in [6, 6.07) is 7.88. The van der Waals surface area contributed by atoms with Crippen LogP contribution in [0.25, 0.3) is 0 Å². The summed E-state index contributed by atoms with van der Waals surface area (Å²) >= 11 is 6.36. The number of rotatable bonds is 3. The summed E-state index contributed by atoms with van der Waals surface area (Å²) in [5.41, 5.74) is 1.32. The lowest BCUT2D eigenvalue weighted by Gasteiger charge is -2.46. The maximum Gasteiger partial charge on any atom is 0.416 e. The molecule has 0 radical (unpaired) electrons. The van der Waals surface area contributed by atoms with Crippen molar-refractivity contribution in [3.05, 3.63) is 69.2 Å². The highest BCUT2D eigenvalue weighted by atomic mass is 35.5. The monoisotopic (exact) mass is 460 g/mol. The van der Waals surface area contributed by atoms with Crippen molar-refractivity contribution >= 4 is 11.6 Å². The van der Waals surface area contributed by atoms with Gasteiger partial charge in [0.2, 0.25) is 5.79 Å². The van der Waals surface area contributed by atoms with E-state index < -0.39 is 48.5 Å². The van der Waals surface area contributed by atoms with E-state index in [4.69, 9.17) is 21.1 Å². The molecule has 5 atom stereocenters. The SMILES string of the molecule is OC[C@H]1OC2(OCc3cc(Cl)c(Cc4ccc(C(F)(F)F)cc4)cc32)[C@H](O)[C@@H](O)[C@@H]1O. The highest BCUT2D eigenvalue weighted by Crippen LogP contribution is 2.47. The molecule has 1 fully saturated rings. The summed E-state index contributed by atoms with van der Waals surface area (Å²) in [5.74, 6) is -1.82. The number of hydrogen-bond acceptors (Lipinski definition) is 6. The molecule has 168 valence electrons. The average Bonchev–Trinajstić information content (AvgIpc) is 3.07. The van der Waals surface area contributed by atoms with Crippen molar-refractivity contribution in [1.82, 2.24) is 0 Å². The molecule has 0 amide bonds. The van der Waals surface area contributed by atoms with E-state index in [0.717, 1.165) is 12.1 Å². The molecule has 1 spiro atoms. The van der Waals surface area contributed by atoms with E-state index in [9.17, 15) is 33.6 Å². The largest absolute Gasteiger partial charge is 0.416 e. The van der Waals surface area contributed by atoms with Gasteiger partial charge in [-0.3, -0.25) is 0 Å². The Kier molecular flexibility index (Phi) is 5.80. The van der Waals surface area contributed by atoms with Gasteiger partial charge in [-0.15, -0.1) is 0 Å². The van der Waals surface area contributed by atoms with E-state index in [1.165, 1.54) is 12.1 Å². The molecule has 2 aliphatic heterocycles. The summed E-state index contributed by atoms with van der Waals surface area (Å²) < 4.78 is 49.8. The third-order valence-corrected chi connectivity index (χ3v) is 6.07. The number of benzene rings is 2. The topological polar surface area (TPSA) is 99.4 Å². The lowest BCUT2D eigenvalue weighted by Crippen LogP contribution is -2.63. The standard InChI is InChI=1S/C21H20ClF3O6/c22-15-7-12-9-30-20(19(29)18(28)17(27)16(8-26)31-20)14(12)6-11(15)5-10-1-3-13(4-2-10)21(23,24)25/h1-4,6-7,16-19,26-29H,5,8-9H2/t16-,17-,18+,19-,20?/m1/s1. The van der Waals surface area contributed by atoms with E-state index in [0.29, 0.717) is 27.3 Å². The number of alkyl halides is 3. The molecule has 2 aromatic rings. The first kappa shape index (κ1) is 22.5. The highest BCUT2D eigenvalue weighted by molar-refractivity contribution is 6.31. The van der Waals surface area contributed by atoms with Crippen LogP contribution in [0, 0.1) is 0 Å². The number of halogens is 4. The van der Waals surface area contributed by atoms with E-state index in [1.54, 1.807) is 12.1 Å². The third kappa shape index (κ3) is 3.84. The zero-order valence-electron chi connectivity index (χ0n) is 16.0. The zero-order chi connectivity index (χ0) is 22.6. The van der Waals surface area contributed by atoms with Gasteiger partial charge in [-0.25, -0.2) is 0 Å². The lowest BCUT2D eigenvalue weighted by atomic mass is 9.86. The molecule has 2 aliphatic rings. The molecule has 0 bridgehead atoms. The van der Waals surface area contributed by atoms with E-state index in [-0.39, 0.29) is 13.0 Å². The molecule has 1 saturated heterocycles. The quantitative estimate of drug-likeness (QED) is 0.560. The molecule has 2 aromatic carbocycles. The predicted molar refractivity (Wildman–Crippen MR) is 102 cm³/mol. The van der Waals surface area contributed by atoms with Crippen molar-refractivity contribution in [3.63, 3.8) is 0 Å². The molecular formula is C21H20ClF3O6. The fourth-order valence-corrected chi connectivity index (χ4v) is 4.27. The van der Waals surface area contributed by atoms with Crippen LogP contribution in [0.4, 0.5) is 13.2 Å². The van der Waals surface area contributed by atoms with E-state index in [2.05, 4.69) is 0 Å². The van der Waals surface area contributed by atoms with Gasteiger partial charge >= 0.3 is 6.18 Å². The van der Waals surface area contributed by atoms with Crippen molar-refractivity contribution in [2.75, 3.05) is 6.61 Å². The third-order valence-electron chi connectivity index (χ3n) is 5.72. The normalized spacial score (nSPS) is 30.6. The Bertz CT molecular complexity index is 965. The fourth-order valence-electron chi connectivity index (χ4n) is 4.02. The molecule has 10 heteroatoms. The van der Waals surface area contributed by atoms with Crippen LogP contribution >= 0.6 is 11.6 Å². The lowest BCUT2D eigenvalue weighted by molar-refractivity contribution is -0.368. The Balaban J connectivity index is 1.68. The van der Waals surface area contributed by atoms with Crippen LogP contribution in [0.5, 0.6) is 0 Å². The maximum atomic E-state index is 12.8. The minimum absolute atomic E-state index is 0.00758. The van der Waals surface area contributed by atoms with Crippen LogP contribution in [0.3, 0.4) is 0 Å². The number of hydrogen-bond donors (Lipinski definition) is 4. The Labute approximate surface area is 180 Å². The molecule has 0 saturated carbocycles. The van der Waals surface area contributed by atoms with Gasteiger partial charge in [0.1, 0.15) is 24.4 Å². The average molecular weight is 461 g/mol. The highest BCUT2D eigenvalue weighted by Gasteiger charge is 2.58. The number of fused-ring (bicyclic) bond motifs is 2. The molecule has 4 N–H and O–H groups in total. The summed E-state index contributed by atoms with van der Waals surface area (Å²) in [4.78, 5) is 0. The van der Waals surface area contributed by atoms with Gasteiger partial charge in [-0.2, -0.15) is 13.2 Å². The Hall–Kier alpha value is -1.72. The van der Waals surface area contributed by atoms with Crippen molar-refractivity contribution in [2.45, 2.75) is 49.4 Å². The van der Waals surface area contributed by atoms with Crippen LogP contribution in [-0.4, -0.2) is 51.4 Å². The van der Waals surface area contributed by atoms with Crippen LogP contribution in [0.15, 0.2) is 36.4 Å². The van der Waals surface area contributed by atoms with Gasteiger partial charge in [-0.1, -0.05) is 23.7 Å². The molecule has 6 nitrogen and oxygen atoms in total. The van der Waals surface area contributed by atoms with Crippen molar-refractivity contribution in [2.24, 2.45) is 0 Å². The van der Waals surface area contributed by atoms with E-state index >= 15 is 0 Å². The smallest absolute Gasteiger partial charge is 0.394 e. The molecule has 31 heavy (non-hydrogen) atoms. The first-order chi connectivity index (χ1) is 14.6. The minimum atomic E-state index is -4.43. The van der Waals surface area contributed by atoms with Gasteiger partial charge in [0.05, 0.1) is 18.8 Å². The second kappa shape index (κ2) is 8.00. The maximum absolute atomic E-state index is 12.8. The van der Waals surface area contributed by atoms with Crippen LogP contribution in [-0.2, 0) is 34.5 Å². The second-order valence-electron chi connectivity index (χ2n) is 7.69. The predicted octanol–water partition coefficient (Wildman–Crippen LogP) is 2.11. The van der Waals surface area contributed by atoms with Gasteiger partial charge in [0.25, 0.3) is 0 Å². The Morgan fingerprint density at radius 1 is 1.06 bits per heavy atom. The van der Waals surface area contributed by atoms with Crippen molar-refractivity contribution < 1.29 is 43.1 Å². The molecule has 4 rings (SSSR count). The molecular weight excluding hydrogens is 441 g/mol. The summed E-state index contributed by atoms with van der Waals surface area (Å²) in [5, 5.41) is 40.8. The summed E-state index contributed by atoms with van der Waals surface area (Å²) in [6.07, 6.45) is -10.2. The molecule has 0 aromatic heterocycles. The Morgan fingerprint density at radius 2 is 1.74 bits per heavy atom. The van der Waals surface area contributed by atoms with Crippen molar-refractivity contribution in [1.29, 1.82) is 0 Å². The van der Waals surface area contributed by atoms with Gasteiger partial charge < -0.3 is 29.9 Å². The fraction of sp³-hybridized carbons (Fsp3) is 0.429. The number of aliphatic hydroxyl groups is 4. The number of ether oxygens (including phenoxy) is 2. The van der Waals surface area contributed by atoms with Gasteiger partial charge in [0.15, 0.2) is 0 Å². The first-order valence-corrected chi connectivity index (χ1v) is 9.89. The minimum Gasteiger partial charge on any atom is -0.394 e. The van der Waals surface area contributed by atoms with Gasteiger partial charge in [-0.05, 0) is 47.4 Å². The molecule has 2 heterocycles. The molecule has 1 unspecified atom stereocenters. The van der Waals surface area contributed by atoms with Crippen molar-refractivity contribution in [3.8, 4) is 0 Å². The number of aliphatic hydroxyl groups excluding tert-OH is 4. The zero-order valence-corrected chi connectivity index (χ0v) is 16.8. The Morgan fingerprint density at radius 3 is 2.35 bits per heavy atom. The van der Waals surface area contributed by atoms with Gasteiger partial charge in [0, 0.05) is 10.6 Å².